The van der Waals surface area contributed by atoms with Gasteiger partial charge >= 0.3 is 0 Å². The van der Waals surface area contributed by atoms with Gasteiger partial charge < -0.3 is 15.6 Å². The van der Waals surface area contributed by atoms with Gasteiger partial charge in [-0.2, -0.15) is 0 Å². The summed E-state index contributed by atoms with van der Waals surface area (Å²) in [5.74, 6) is 0.805. The summed E-state index contributed by atoms with van der Waals surface area (Å²) in [5, 5.41) is 6.18. The number of amides is 1. The number of nitrogens with one attached hydrogen (secondary N) is 3. The Hall–Kier alpha value is -1.36. The number of aromatic nitrogens is 2. The molecule has 1 unspecified atom stereocenters. The molecule has 0 aliphatic carbocycles. The van der Waals surface area contributed by atoms with E-state index in [9.17, 15) is 4.79 Å². The van der Waals surface area contributed by atoms with Gasteiger partial charge in [-0.1, -0.05) is 0 Å². The SMILES string of the molecule is O=C(CCC1CCNC1)NCc1cnc[nH]1. The lowest BCUT2D eigenvalue weighted by molar-refractivity contribution is -0.121. The molecule has 1 aromatic heterocycles. The fourth-order valence-corrected chi connectivity index (χ4v) is 1.96. The van der Waals surface area contributed by atoms with E-state index in [1.165, 1.54) is 6.42 Å². The topological polar surface area (TPSA) is 69.8 Å². The molecule has 1 aliphatic rings. The van der Waals surface area contributed by atoms with Crippen molar-refractivity contribution in [3.63, 3.8) is 0 Å². The second kappa shape index (κ2) is 5.65. The lowest BCUT2D eigenvalue weighted by atomic mass is 10.0. The smallest absolute Gasteiger partial charge is 0.220 e. The van der Waals surface area contributed by atoms with Gasteiger partial charge in [-0.05, 0) is 31.8 Å². The number of carbonyl (C=O) groups excluding carboxylic acids is 1. The third-order valence-corrected chi connectivity index (χ3v) is 2.97. The number of rotatable bonds is 5. The summed E-state index contributed by atoms with van der Waals surface area (Å²) in [6, 6.07) is 0. The Morgan fingerprint density at radius 1 is 1.62 bits per heavy atom. The van der Waals surface area contributed by atoms with Crippen LogP contribution >= 0.6 is 0 Å². The number of nitrogens with zero attached hydrogens (tertiary/aromatic N) is 1. The van der Waals surface area contributed by atoms with Crippen LogP contribution in [0.5, 0.6) is 0 Å². The zero-order chi connectivity index (χ0) is 11.2. The van der Waals surface area contributed by atoms with Crippen molar-refractivity contribution in [1.82, 2.24) is 20.6 Å². The highest BCUT2D eigenvalue weighted by Crippen LogP contribution is 2.13. The van der Waals surface area contributed by atoms with Crippen molar-refractivity contribution in [3.8, 4) is 0 Å². The predicted molar refractivity (Wildman–Crippen MR) is 60.6 cm³/mol. The van der Waals surface area contributed by atoms with Crippen LogP contribution in [0.15, 0.2) is 12.5 Å². The Morgan fingerprint density at radius 3 is 3.25 bits per heavy atom. The molecule has 5 heteroatoms. The first-order chi connectivity index (χ1) is 7.84. The van der Waals surface area contributed by atoms with Gasteiger partial charge in [0.1, 0.15) is 0 Å². The highest BCUT2D eigenvalue weighted by atomic mass is 16.1. The van der Waals surface area contributed by atoms with Crippen molar-refractivity contribution in [2.45, 2.75) is 25.8 Å². The van der Waals surface area contributed by atoms with E-state index in [-0.39, 0.29) is 5.91 Å². The zero-order valence-corrected chi connectivity index (χ0v) is 9.33. The quantitative estimate of drug-likeness (QED) is 0.676. The molecule has 88 valence electrons. The Morgan fingerprint density at radius 2 is 2.56 bits per heavy atom. The van der Waals surface area contributed by atoms with Gasteiger partial charge in [-0.3, -0.25) is 4.79 Å². The molecule has 3 N–H and O–H groups in total. The van der Waals surface area contributed by atoms with Gasteiger partial charge in [0.25, 0.3) is 0 Å². The van der Waals surface area contributed by atoms with Crippen LogP contribution in [0.2, 0.25) is 0 Å². The molecule has 1 fully saturated rings. The molecule has 5 nitrogen and oxygen atoms in total. The number of H-pyrrole nitrogens is 1. The van der Waals surface area contributed by atoms with Crippen LogP contribution in [0, 0.1) is 5.92 Å². The third-order valence-electron chi connectivity index (χ3n) is 2.97. The van der Waals surface area contributed by atoms with Crippen LogP contribution in [0.4, 0.5) is 0 Å². The Labute approximate surface area is 95.0 Å². The maximum absolute atomic E-state index is 11.5. The van der Waals surface area contributed by atoms with Crippen LogP contribution < -0.4 is 10.6 Å². The van der Waals surface area contributed by atoms with Gasteiger partial charge in [0.15, 0.2) is 0 Å². The highest BCUT2D eigenvalue weighted by Gasteiger charge is 2.15. The summed E-state index contributed by atoms with van der Waals surface area (Å²) < 4.78 is 0. The second-order valence-electron chi connectivity index (χ2n) is 4.25. The molecule has 0 saturated carbocycles. The maximum Gasteiger partial charge on any atom is 0.220 e. The Kier molecular flexibility index (Phi) is 3.93. The first kappa shape index (κ1) is 11.1. The van der Waals surface area contributed by atoms with Gasteiger partial charge in [0.2, 0.25) is 5.91 Å². The lowest BCUT2D eigenvalue weighted by Gasteiger charge is -2.07. The van der Waals surface area contributed by atoms with Crippen molar-refractivity contribution >= 4 is 5.91 Å². The van der Waals surface area contributed by atoms with Gasteiger partial charge in [-0.25, -0.2) is 4.98 Å². The monoisotopic (exact) mass is 222 g/mol. The minimum absolute atomic E-state index is 0.126. The summed E-state index contributed by atoms with van der Waals surface area (Å²) >= 11 is 0. The number of hydrogen-bond donors (Lipinski definition) is 3. The van der Waals surface area contributed by atoms with E-state index in [0.29, 0.717) is 18.9 Å². The summed E-state index contributed by atoms with van der Waals surface area (Å²) in [6.45, 7) is 2.70. The number of carbonyl (C=O) groups is 1. The first-order valence-electron chi connectivity index (χ1n) is 5.79. The van der Waals surface area contributed by atoms with E-state index in [0.717, 1.165) is 25.2 Å². The Balaban J connectivity index is 1.60. The van der Waals surface area contributed by atoms with Crippen LogP contribution in [-0.2, 0) is 11.3 Å². The minimum atomic E-state index is 0.126. The van der Waals surface area contributed by atoms with Crippen LogP contribution in [0.25, 0.3) is 0 Å². The maximum atomic E-state index is 11.5. The standard InChI is InChI=1S/C11H18N4O/c16-11(2-1-9-3-4-12-5-9)14-7-10-6-13-8-15-10/h6,8-9,12H,1-5,7H2,(H,13,15)(H,14,16). The molecule has 1 saturated heterocycles. The zero-order valence-electron chi connectivity index (χ0n) is 9.33. The molecule has 0 spiro atoms. The van der Waals surface area contributed by atoms with Crippen molar-refractivity contribution in [2.75, 3.05) is 13.1 Å². The normalized spacial score (nSPS) is 19.9. The van der Waals surface area contributed by atoms with Crippen LogP contribution in [0.1, 0.15) is 25.0 Å². The van der Waals surface area contributed by atoms with E-state index in [4.69, 9.17) is 0 Å². The minimum Gasteiger partial charge on any atom is -0.350 e. The average Bonchev–Trinajstić information content (AvgIpc) is 2.96. The summed E-state index contributed by atoms with van der Waals surface area (Å²) in [6.07, 6.45) is 6.16. The molecule has 0 radical (unpaired) electrons. The number of hydrogen-bond acceptors (Lipinski definition) is 3. The van der Waals surface area contributed by atoms with Crippen molar-refractivity contribution in [2.24, 2.45) is 5.92 Å². The molecule has 1 amide bonds. The average molecular weight is 222 g/mol. The van der Waals surface area contributed by atoms with Crippen molar-refractivity contribution in [3.05, 3.63) is 18.2 Å². The van der Waals surface area contributed by atoms with Crippen molar-refractivity contribution in [1.29, 1.82) is 0 Å². The summed E-state index contributed by atoms with van der Waals surface area (Å²) in [7, 11) is 0. The molecule has 0 bridgehead atoms. The second-order valence-corrected chi connectivity index (χ2v) is 4.25. The highest BCUT2D eigenvalue weighted by molar-refractivity contribution is 5.75. The molecular weight excluding hydrogens is 204 g/mol. The van der Waals surface area contributed by atoms with Crippen LogP contribution in [-0.4, -0.2) is 29.0 Å². The molecule has 2 heterocycles. The third kappa shape index (κ3) is 3.34. The molecule has 1 aliphatic heterocycles. The Bertz CT molecular complexity index is 317. The molecule has 16 heavy (non-hydrogen) atoms. The van der Waals surface area contributed by atoms with E-state index in [1.54, 1.807) is 12.5 Å². The lowest BCUT2D eigenvalue weighted by Crippen LogP contribution is -2.23. The fourth-order valence-electron chi connectivity index (χ4n) is 1.96. The van der Waals surface area contributed by atoms with Gasteiger partial charge in [0, 0.05) is 12.6 Å². The van der Waals surface area contributed by atoms with Crippen LogP contribution in [0.3, 0.4) is 0 Å². The molecule has 1 atom stereocenters. The largest absolute Gasteiger partial charge is 0.350 e. The molecule has 2 rings (SSSR count). The van der Waals surface area contributed by atoms with Gasteiger partial charge in [0.05, 0.1) is 18.6 Å². The fraction of sp³-hybridized carbons (Fsp3) is 0.636. The first-order valence-corrected chi connectivity index (χ1v) is 5.79. The number of aromatic amines is 1. The van der Waals surface area contributed by atoms with E-state index < -0.39 is 0 Å². The van der Waals surface area contributed by atoms with E-state index >= 15 is 0 Å². The number of imidazole rings is 1. The predicted octanol–water partition coefficient (Wildman–Crippen LogP) is 0.416. The summed E-state index contributed by atoms with van der Waals surface area (Å²) in [5.41, 5.74) is 0.941. The van der Waals surface area contributed by atoms with E-state index in [1.807, 2.05) is 0 Å². The molecule has 1 aromatic rings. The molecule has 0 aromatic carbocycles. The van der Waals surface area contributed by atoms with Gasteiger partial charge in [-0.15, -0.1) is 0 Å². The summed E-state index contributed by atoms with van der Waals surface area (Å²) in [4.78, 5) is 18.4. The van der Waals surface area contributed by atoms with Crippen molar-refractivity contribution < 1.29 is 4.79 Å². The molecular formula is C11H18N4O. The van der Waals surface area contributed by atoms with E-state index in [2.05, 4.69) is 20.6 Å².